The lowest BCUT2D eigenvalue weighted by atomic mass is 10.00. The minimum absolute atomic E-state index is 0.136. The van der Waals surface area contributed by atoms with Gasteiger partial charge in [0.05, 0.1) is 6.33 Å². The first-order valence-electron chi connectivity index (χ1n) is 5.75. The Morgan fingerprint density at radius 3 is 3.00 bits per heavy atom. The molecule has 0 fully saturated rings. The summed E-state index contributed by atoms with van der Waals surface area (Å²) >= 11 is 0. The Labute approximate surface area is 95.5 Å². The lowest BCUT2D eigenvalue weighted by molar-refractivity contribution is 0.473. The van der Waals surface area contributed by atoms with E-state index in [0.29, 0.717) is 18.3 Å². The molecule has 16 heavy (non-hydrogen) atoms. The first kappa shape index (κ1) is 12.7. The molecule has 5 nitrogen and oxygen atoms in total. The van der Waals surface area contributed by atoms with Crippen LogP contribution in [0.3, 0.4) is 0 Å². The number of rotatable bonds is 7. The van der Waals surface area contributed by atoms with Crippen molar-refractivity contribution in [2.24, 2.45) is 11.7 Å². The second kappa shape index (κ2) is 7.00. The SMILES string of the molecule is CCCC(CCN)CNc1cc(=O)[nH]cn1. The highest BCUT2D eigenvalue weighted by Crippen LogP contribution is 2.11. The van der Waals surface area contributed by atoms with Gasteiger partial charge >= 0.3 is 0 Å². The van der Waals surface area contributed by atoms with Crippen LogP contribution in [0.25, 0.3) is 0 Å². The molecule has 5 heteroatoms. The number of nitrogens with one attached hydrogen (secondary N) is 2. The molecule has 0 saturated heterocycles. The van der Waals surface area contributed by atoms with E-state index in [4.69, 9.17) is 5.73 Å². The second-order valence-electron chi connectivity index (χ2n) is 3.91. The zero-order valence-corrected chi connectivity index (χ0v) is 9.70. The number of hydrogen-bond acceptors (Lipinski definition) is 4. The van der Waals surface area contributed by atoms with Crippen molar-refractivity contribution >= 4 is 5.82 Å². The Balaban J connectivity index is 2.44. The third-order valence-electron chi connectivity index (χ3n) is 2.52. The van der Waals surface area contributed by atoms with Crippen LogP contribution < -0.4 is 16.6 Å². The highest BCUT2D eigenvalue weighted by Gasteiger charge is 2.06. The summed E-state index contributed by atoms with van der Waals surface area (Å²) in [6.45, 7) is 3.69. The summed E-state index contributed by atoms with van der Waals surface area (Å²) in [7, 11) is 0. The summed E-state index contributed by atoms with van der Waals surface area (Å²) in [5.41, 5.74) is 5.42. The zero-order valence-electron chi connectivity index (χ0n) is 9.70. The number of nitrogens with zero attached hydrogens (tertiary/aromatic N) is 1. The number of aromatic amines is 1. The monoisotopic (exact) mass is 224 g/mol. The summed E-state index contributed by atoms with van der Waals surface area (Å²) in [5, 5.41) is 3.17. The molecule has 4 N–H and O–H groups in total. The van der Waals surface area contributed by atoms with E-state index in [2.05, 4.69) is 22.2 Å². The molecule has 1 rings (SSSR count). The fourth-order valence-corrected chi connectivity index (χ4v) is 1.71. The molecule has 0 aliphatic heterocycles. The first-order chi connectivity index (χ1) is 7.76. The number of aromatic nitrogens is 2. The van der Waals surface area contributed by atoms with Crippen molar-refractivity contribution in [1.29, 1.82) is 0 Å². The van der Waals surface area contributed by atoms with Crippen molar-refractivity contribution in [2.45, 2.75) is 26.2 Å². The molecule has 0 amide bonds. The predicted octanol–water partition coefficient (Wildman–Crippen LogP) is 0.947. The molecule has 1 aromatic rings. The van der Waals surface area contributed by atoms with Crippen LogP contribution in [0.4, 0.5) is 5.82 Å². The summed E-state index contributed by atoms with van der Waals surface area (Å²) in [5.74, 6) is 1.18. The second-order valence-corrected chi connectivity index (χ2v) is 3.91. The van der Waals surface area contributed by atoms with E-state index in [1.807, 2.05) is 0 Å². The van der Waals surface area contributed by atoms with Crippen molar-refractivity contribution in [2.75, 3.05) is 18.4 Å². The van der Waals surface area contributed by atoms with Crippen LogP contribution in [0.5, 0.6) is 0 Å². The molecule has 0 aliphatic rings. The van der Waals surface area contributed by atoms with Crippen molar-refractivity contribution in [1.82, 2.24) is 9.97 Å². The van der Waals surface area contributed by atoms with Gasteiger partial charge in [-0.3, -0.25) is 4.79 Å². The Kier molecular flexibility index (Phi) is 5.56. The molecule has 1 heterocycles. The minimum Gasteiger partial charge on any atom is -0.370 e. The highest BCUT2D eigenvalue weighted by molar-refractivity contribution is 5.31. The lowest BCUT2D eigenvalue weighted by Gasteiger charge is -2.15. The fourth-order valence-electron chi connectivity index (χ4n) is 1.71. The van der Waals surface area contributed by atoms with E-state index >= 15 is 0 Å². The van der Waals surface area contributed by atoms with Crippen LogP contribution in [0, 0.1) is 5.92 Å². The normalized spacial score (nSPS) is 12.4. The summed E-state index contributed by atoms with van der Waals surface area (Å²) in [4.78, 5) is 17.5. The van der Waals surface area contributed by atoms with E-state index in [9.17, 15) is 4.79 Å². The van der Waals surface area contributed by atoms with Gasteiger partial charge in [-0.15, -0.1) is 0 Å². The molecule has 0 aliphatic carbocycles. The standard InChI is InChI=1S/C11H20N4O/c1-2-3-9(4-5-12)7-13-10-6-11(16)15-8-14-10/h6,8-9H,2-5,7,12H2,1H3,(H2,13,14,15,16). The van der Waals surface area contributed by atoms with Crippen LogP contribution >= 0.6 is 0 Å². The molecule has 0 bridgehead atoms. The molecule has 90 valence electrons. The van der Waals surface area contributed by atoms with Crippen LogP contribution in [0.15, 0.2) is 17.2 Å². The number of nitrogens with two attached hydrogens (primary N) is 1. The first-order valence-corrected chi connectivity index (χ1v) is 5.75. The van der Waals surface area contributed by atoms with Gasteiger partial charge in [0.2, 0.25) is 0 Å². The van der Waals surface area contributed by atoms with Gasteiger partial charge in [0.1, 0.15) is 5.82 Å². The van der Waals surface area contributed by atoms with Crippen molar-refractivity contribution in [3.63, 3.8) is 0 Å². The topological polar surface area (TPSA) is 83.8 Å². The van der Waals surface area contributed by atoms with E-state index in [-0.39, 0.29) is 5.56 Å². The number of hydrogen-bond donors (Lipinski definition) is 3. The fraction of sp³-hybridized carbons (Fsp3) is 0.636. The molecule has 1 atom stereocenters. The van der Waals surface area contributed by atoms with Gasteiger partial charge in [-0.1, -0.05) is 13.3 Å². The van der Waals surface area contributed by atoms with Crippen LogP contribution in [0.2, 0.25) is 0 Å². The quantitative estimate of drug-likeness (QED) is 0.643. The minimum atomic E-state index is -0.136. The molecule has 0 radical (unpaired) electrons. The van der Waals surface area contributed by atoms with Crippen molar-refractivity contribution < 1.29 is 0 Å². The lowest BCUT2D eigenvalue weighted by Crippen LogP contribution is -2.19. The number of H-pyrrole nitrogens is 1. The largest absolute Gasteiger partial charge is 0.370 e. The maximum Gasteiger partial charge on any atom is 0.252 e. The van der Waals surface area contributed by atoms with Crippen LogP contribution in [-0.4, -0.2) is 23.1 Å². The van der Waals surface area contributed by atoms with Gasteiger partial charge in [0.25, 0.3) is 5.56 Å². The van der Waals surface area contributed by atoms with Gasteiger partial charge in [-0.05, 0) is 25.3 Å². The molecule has 0 aromatic carbocycles. The van der Waals surface area contributed by atoms with Gasteiger partial charge < -0.3 is 16.0 Å². The van der Waals surface area contributed by atoms with Gasteiger partial charge in [-0.2, -0.15) is 0 Å². The molecule has 1 aromatic heterocycles. The summed E-state index contributed by atoms with van der Waals surface area (Å²) in [6.07, 6.45) is 4.70. The van der Waals surface area contributed by atoms with E-state index in [1.165, 1.54) is 12.4 Å². The molecule has 0 saturated carbocycles. The highest BCUT2D eigenvalue weighted by atomic mass is 16.1. The third kappa shape index (κ3) is 4.44. The third-order valence-corrected chi connectivity index (χ3v) is 2.52. The van der Waals surface area contributed by atoms with Crippen molar-refractivity contribution in [3.8, 4) is 0 Å². The number of anilines is 1. The predicted molar refractivity (Wildman–Crippen MR) is 65.4 cm³/mol. The van der Waals surface area contributed by atoms with Gasteiger partial charge in [0, 0.05) is 12.6 Å². The Bertz CT molecular complexity index is 344. The Hall–Kier alpha value is -1.36. The summed E-state index contributed by atoms with van der Waals surface area (Å²) < 4.78 is 0. The van der Waals surface area contributed by atoms with Gasteiger partial charge in [-0.25, -0.2) is 4.98 Å². The Morgan fingerprint density at radius 2 is 2.38 bits per heavy atom. The molecular weight excluding hydrogens is 204 g/mol. The maximum absolute atomic E-state index is 11.0. The average molecular weight is 224 g/mol. The van der Waals surface area contributed by atoms with Crippen molar-refractivity contribution in [3.05, 3.63) is 22.7 Å². The van der Waals surface area contributed by atoms with Gasteiger partial charge in [0.15, 0.2) is 0 Å². The molecule has 1 unspecified atom stereocenters. The molecule has 0 spiro atoms. The zero-order chi connectivity index (χ0) is 11.8. The average Bonchev–Trinajstić information content (AvgIpc) is 2.27. The maximum atomic E-state index is 11.0. The van der Waals surface area contributed by atoms with E-state index in [1.54, 1.807) is 0 Å². The van der Waals surface area contributed by atoms with E-state index in [0.717, 1.165) is 25.8 Å². The molecular formula is C11H20N4O. The smallest absolute Gasteiger partial charge is 0.252 e. The summed E-state index contributed by atoms with van der Waals surface area (Å²) in [6, 6.07) is 1.46. The van der Waals surface area contributed by atoms with Crippen LogP contribution in [0.1, 0.15) is 26.2 Å². The van der Waals surface area contributed by atoms with Crippen LogP contribution in [-0.2, 0) is 0 Å². The van der Waals surface area contributed by atoms with E-state index < -0.39 is 0 Å². The Morgan fingerprint density at radius 1 is 1.56 bits per heavy atom.